The second kappa shape index (κ2) is 14.8. The quantitative estimate of drug-likeness (QED) is 0.170. The topological polar surface area (TPSA) is 221 Å². The third kappa shape index (κ3) is 5.43. The van der Waals surface area contributed by atoms with E-state index in [4.69, 9.17) is 23.7 Å². The van der Waals surface area contributed by atoms with E-state index in [1.807, 2.05) is 0 Å². The molecule has 15 heteroatoms. The Kier molecular flexibility index (Phi) is 10.3. The molecule has 1 saturated heterocycles. The number of rotatable bonds is 10. The van der Waals surface area contributed by atoms with Crippen LogP contribution in [0.1, 0.15) is 86.7 Å². The molecule has 5 aliphatic rings. The number of hydrogen-bond donors (Lipinski definition) is 4. The van der Waals surface area contributed by atoms with Crippen molar-refractivity contribution in [1.82, 2.24) is 5.32 Å². The first kappa shape index (κ1) is 43.2. The van der Waals surface area contributed by atoms with Gasteiger partial charge in [-0.3, -0.25) is 19.2 Å². The Morgan fingerprint density at radius 1 is 0.823 bits per heavy atom. The number of amides is 1. The van der Waals surface area contributed by atoms with Crippen molar-refractivity contribution in [2.24, 2.45) is 27.6 Å². The molecule has 1 aliphatic heterocycles. The maximum Gasteiger partial charge on any atom is 0.338 e. The summed E-state index contributed by atoms with van der Waals surface area (Å²) in [7, 11) is 0. The molecular formula is C47H51NO14. The van der Waals surface area contributed by atoms with Gasteiger partial charge in [0.25, 0.3) is 5.91 Å². The molecule has 0 radical (unpaired) electrons. The van der Waals surface area contributed by atoms with E-state index in [-0.39, 0.29) is 24.2 Å². The Bertz CT molecular complexity index is 2310. The smallest absolute Gasteiger partial charge is 0.338 e. The number of benzene rings is 3. The molecule has 4 aliphatic carbocycles. The summed E-state index contributed by atoms with van der Waals surface area (Å²) in [5.74, 6) is -6.35. The Hall–Kier alpha value is -5.48. The number of fused-ring (bicyclic) bond motifs is 2. The van der Waals surface area contributed by atoms with Gasteiger partial charge in [0, 0.05) is 49.0 Å². The van der Waals surface area contributed by atoms with Crippen LogP contribution in [0.2, 0.25) is 0 Å². The van der Waals surface area contributed by atoms with Crippen molar-refractivity contribution in [3.05, 3.63) is 108 Å². The molecule has 1 heterocycles. The van der Waals surface area contributed by atoms with Crippen LogP contribution in [-0.2, 0) is 42.9 Å². The van der Waals surface area contributed by atoms with Crippen molar-refractivity contribution in [3.8, 4) is 0 Å². The minimum absolute atomic E-state index is 0.0753. The van der Waals surface area contributed by atoms with E-state index in [9.17, 15) is 39.3 Å². The molecule has 62 heavy (non-hydrogen) atoms. The van der Waals surface area contributed by atoms with Gasteiger partial charge in [0.05, 0.1) is 35.1 Å². The molecule has 13 atom stereocenters. The Morgan fingerprint density at radius 2 is 1.40 bits per heavy atom. The zero-order chi connectivity index (χ0) is 44.8. The van der Waals surface area contributed by atoms with Crippen LogP contribution in [0.15, 0.2) is 91.0 Å². The maximum atomic E-state index is 15.5. The molecule has 328 valence electrons. The normalized spacial score (nSPS) is 36.9. The summed E-state index contributed by atoms with van der Waals surface area (Å²) in [5.41, 5.74) is -11.4. The van der Waals surface area contributed by atoms with E-state index < -0.39 is 123 Å². The summed E-state index contributed by atoms with van der Waals surface area (Å²) in [5, 5.41) is 40.7. The van der Waals surface area contributed by atoms with Gasteiger partial charge in [-0.05, 0) is 36.8 Å². The number of aliphatic hydroxyl groups excluding tert-OH is 2. The first-order valence-corrected chi connectivity index (χ1v) is 20.8. The molecule has 4 N–H and O–H groups in total. The fraction of sp³-hybridized carbons (Fsp3) is 0.489. The fourth-order valence-corrected chi connectivity index (χ4v) is 12.8. The first-order chi connectivity index (χ1) is 29.3. The van der Waals surface area contributed by atoms with Gasteiger partial charge in [-0.25, -0.2) is 9.59 Å². The monoisotopic (exact) mass is 853 g/mol. The van der Waals surface area contributed by atoms with Crippen LogP contribution in [0.5, 0.6) is 0 Å². The molecular weight excluding hydrogens is 803 g/mol. The lowest BCUT2D eigenvalue weighted by molar-refractivity contribution is -0.387. The summed E-state index contributed by atoms with van der Waals surface area (Å²) < 4.78 is 31.3. The van der Waals surface area contributed by atoms with Crippen molar-refractivity contribution < 1.29 is 67.8 Å². The van der Waals surface area contributed by atoms with E-state index in [1.165, 1.54) is 19.1 Å². The Balaban J connectivity index is 1.32. The largest absolute Gasteiger partial charge is 0.460 e. The second-order valence-electron chi connectivity index (χ2n) is 18.1. The number of ketones is 1. The summed E-state index contributed by atoms with van der Waals surface area (Å²) >= 11 is 0. The molecule has 1 amide bonds. The van der Waals surface area contributed by atoms with Crippen LogP contribution >= 0.6 is 0 Å². The van der Waals surface area contributed by atoms with Crippen molar-refractivity contribution in [3.63, 3.8) is 0 Å². The SMILES string of the molecule is CC(=O)O[C@H]1C(=O)[C@]2(C)[C@@H](O)C[C@H]3OC[C@@]3(OC(C)=O)C23[C@H](OC(=O)c2ccccc2)[C@]2(O)C[C@H](OC(=O)[C@H](O)[C@@H](NC(=O)c4ccccc4)c4ccccc4)[C@@H](C)C13C2(C)C. The van der Waals surface area contributed by atoms with E-state index in [0.717, 1.165) is 13.8 Å². The van der Waals surface area contributed by atoms with Crippen LogP contribution in [0.25, 0.3) is 0 Å². The summed E-state index contributed by atoms with van der Waals surface area (Å²) in [6, 6.07) is 23.0. The highest BCUT2D eigenvalue weighted by Gasteiger charge is 3.02. The van der Waals surface area contributed by atoms with Crippen LogP contribution in [-0.4, -0.2) is 105 Å². The predicted octanol–water partition coefficient (Wildman–Crippen LogP) is 3.43. The molecule has 2 spiro atoms. The molecule has 3 aromatic rings. The molecule has 15 nitrogen and oxygen atoms in total. The highest BCUT2D eigenvalue weighted by Crippen LogP contribution is 2.89. The summed E-state index contributed by atoms with van der Waals surface area (Å²) in [4.78, 5) is 84.6. The van der Waals surface area contributed by atoms with Crippen LogP contribution in [0.3, 0.4) is 0 Å². The average molecular weight is 854 g/mol. The fourth-order valence-electron chi connectivity index (χ4n) is 12.8. The van der Waals surface area contributed by atoms with Crippen LogP contribution in [0.4, 0.5) is 0 Å². The van der Waals surface area contributed by atoms with Gasteiger partial charge in [0.1, 0.15) is 23.9 Å². The zero-order valence-corrected chi connectivity index (χ0v) is 35.2. The van der Waals surface area contributed by atoms with Gasteiger partial charge in [-0.2, -0.15) is 0 Å². The number of esters is 4. The Morgan fingerprint density at radius 3 is 1.95 bits per heavy atom. The first-order valence-electron chi connectivity index (χ1n) is 20.8. The third-order valence-electron chi connectivity index (χ3n) is 15.3. The number of ether oxygens (including phenoxy) is 5. The number of hydrogen-bond acceptors (Lipinski definition) is 14. The number of Topliss-reactive ketones (excluding diaryl/α,β-unsaturated/α-hetero) is 1. The van der Waals surface area contributed by atoms with Gasteiger partial charge in [0.15, 0.2) is 23.6 Å². The van der Waals surface area contributed by atoms with Gasteiger partial charge in [0.2, 0.25) is 0 Å². The summed E-state index contributed by atoms with van der Waals surface area (Å²) in [6.07, 6.45) is -10.5. The number of aliphatic hydroxyl groups is 3. The highest BCUT2D eigenvalue weighted by atomic mass is 16.6. The number of carbonyl (C=O) groups is 6. The molecule has 4 saturated carbocycles. The van der Waals surface area contributed by atoms with Gasteiger partial charge >= 0.3 is 23.9 Å². The second-order valence-corrected chi connectivity index (χ2v) is 18.1. The number of carbonyl (C=O) groups excluding carboxylic acids is 6. The van der Waals surface area contributed by atoms with E-state index in [1.54, 1.807) is 99.6 Å². The van der Waals surface area contributed by atoms with E-state index in [2.05, 4.69) is 5.32 Å². The Labute approximate surface area is 358 Å². The molecule has 3 aromatic carbocycles. The number of nitrogens with one attached hydrogen (secondary N) is 1. The lowest BCUT2D eigenvalue weighted by atomic mass is 9.37. The third-order valence-corrected chi connectivity index (χ3v) is 15.3. The standard InChI is InChI=1S/C47H51NO14/c1-25-31(60-40(56)35(52)34(28-16-10-7-11-17-28)48-38(54)29-18-12-8-13-19-29)23-44(57)41(61-39(55)30-20-14-9-15-21-30)47-43(6,32(51)22-33-45(47,24-58-33)62-27(3)50)36(53)37(59-26(2)49)46(25,47)42(44,4)5/h7-21,25,31-35,37,41,51-52,57H,22-24H2,1-6H3,(H,48,54)/t25-,31+,32+,33-,34+,35-,37+,41-,43+,44-,45+,46?,47?/m1/s1. The predicted molar refractivity (Wildman–Crippen MR) is 216 cm³/mol. The highest BCUT2D eigenvalue weighted by molar-refractivity contribution is 5.98. The molecule has 0 aromatic heterocycles. The maximum absolute atomic E-state index is 15.5. The van der Waals surface area contributed by atoms with Crippen molar-refractivity contribution in [2.75, 3.05) is 6.61 Å². The minimum Gasteiger partial charge on any atom is -0.460 e. The van der Waals surface area contributed by atoms with Gasteiger partial charge < -0.3 is 44.3 Å². The minimum atomic E-state index is -2.31. The van der Waals surface area contributed by atoms with Crippen LogP contribution in [0, 0.1) is 27.6 Å². The molecule has 8 rings (SSSR count). The van der Waals surface area contributed by atoms with Gasteiger partial charge in [-0.1, -0.05) is 87.5 Å². The lowest BCUT2D eigenvalue weighted by Crippen LogP contribution is -2.84. The van der Waals surface area contributed by atoms with E-state index >= 15 is 4.79 Å². The van der Waals surface area contributed by atoms with Crippen LogP contribution < -0.4 is 5.32 Å². The van der Waals surface area contributed by atoms with Crippen molar-refractivity contribution >= 4 is 35.6 Å². The van der Waals surface area contributed by atoms with Crippen molar-refractivity contribution in [2.45, 2.75) is 108 Å². The molecule has 2 unspecified atom stereocenters. The molecule has 5 fully saturated rings. The molecule has 2 bridgehead atoms. The zero-order valence-electron chi connectivity index (χ0n) is 35.2. The summed E-state index contributed by atoms with van der Waals surface area (Å²) in [6.45, 7) is 8.25. The van der Waals surface area contributed by atoms with E-state index in [0.29, 0.717) is 5.56 Å². The lowest BCUT2D eigenvalue weighted by Gasteiger charge is -2.70. The van der Waals surface area contributed by atoms with Gasteiger partial charge in [-0.15, -0.1) is 0 Å². The van der Waals surface area contributed by atoms with Crippen molar-refractivity contribution in [1.29, 1.82) is 0 Å². The average Bonchev–Trinajstić information content (AvgIpc) is 3.46.